The van der Waals surface area contributed by atoms with Gasteiger partial charge in [0, 0.05) is 31.1 Å². The molecule has 156 valence electrons. The molecule has 4 saturated carbocycles. The molecule has 0 unspecified atom stereocenters. The van der Waals surface area contributed by atoms with E-state index >= 15 is 0 Å². The SMILES string of the molecule is CC(=O)O[C@H]1CC[C@@]2(C)[C@@H]3CC[C@@]4(C)[C@@H](OC(C)=O)CC[C@@H]4[C@@H]3[C@@]3(C)O[C@@]23C1. The number of hydrogen-bond acceptors (Lipinski definition) is 5. The fourth-order valence-electron chi connectivity index (χ4n) is 8.71. The Morgan fingerprint density at radius 3 is 2.29 bits per heavy atom. The van der Waals surface area contributed by atoms with Crippen molar-refractivity contribution in [1.82, 2.24) is 0 Å². The molecule has 4 aliphatic carbocycles. The maximum Gasteiger partial charge on any atom is 0.302 e. The molecule has 0 N–H and O–H groups in total. The number of carbonyl (C=O) groups excluding carboxylic acids is 2. The van der Waals surface area contributed by atoms with E-state index < -0.39 is 0 Å². The Hall–Kier alpha value is -1.10. The summed E-state index contributed by atoms with van der Waals surface area (Å²) >= 11 is 0. The summed E-state index contributed by atoms with van der Waals surface area (Å²) in [5, 5.41) is 0. The highest BCUT2D eigenvalue weighted by Gasteiger charge is 2.88. The zero-order chi connectivity index (χ0) is 20.1. The van der Waals surface area contributed by atoms with Gasteiger partial charge in [-0.2, -0.15) is 0 Å². The van der Waals surface area contributed by atoms with Gasteiger partial charge in [0.2, 0.25) is 0 Å². The van der Waals surface area contributed by atoms with Crippen LogP contribution >= 0.6 is 0 Å². The van der Waals surface area contributed by atoms with Crippen molar-refractivity contribution in [2.24, 2.45) is 28.6 Å². The van der Waals surface area contributed by atoms with E-state index in [-0.39, 0.29) is 46.2 Å². The first-order chi connectivity index (χ1) is 13.1. The third kappa shape index (κ3) is 2.07. The lowest BCUT2D eigenvalue weighted by Gasteiger charge is -2.52. The average molecular weight is 391 g/mol. The van der Waals surface area contributed by atoms with E-state index in [2.05, 4.69) is 20.8 Å². The molecule has 1 aliphatic heterocycles. The minimum absolute atomic E-state index is 0.0173. The third-order valence-corrected chi connectivity index (χ3v) is 9.85. The Morgan fingerprint density at radius 1 is 0.893 bits per heavy atom. The number of esters is 2. The van der Waals surface area contributed by atoms with E-state index in [1.54, 1.807) is 0 Å². The first-order valence-corrected chi connectivity index (χ1v) is 11.1. The van der Waals surface area contributed by atoms with Crippen LogP contribution in [0.3, 0.4) is 0 Å². The van der Waals surface area contributed by atoms with Crippen molar-refractivity contribution in [2.75, 3.05) is 0 Å². The van der Waals surface area contributed by atoms with Gasteiger partial charge in [-0.1, -0.05) is 13.8 Å². The van der Waals surface area contributed by atoms with E-state index in [0.29, 0.717) is 17.8 Å². The van der Waals surface area contributed by atoms with E-state index in [9.17, 15) is 9.59 Å². The van der Waals surface area contributed by atoms with Crippen molar-refractivity contribution in [2.45, 2.75) is 103 Å². The Balaban J connectivity index is 1.47. The van der Waals surface area contributed by atoms with E-state index in [1.165, 1.54) is 20.3 Å². The van der Waals surface area contributed by atoms with Crippen LogP contribution in [0.1, 0.15) is 79.6 Å². The second-order valence-corrected chi connectivity index (χ2v) is 10.9. The van der Waals surface area contributed by atoms with Gasteiger partial charge in [-0.05, 0) is 63.2 Å². The Labute approximate surface area is 167 Å². The molecular weight excluding hydrogens is 356 g/mol. The quantitative estimate of drug-likeness (QED) is 0.526. The number of rotatable bonds is 2. The fourth-order valence-corrected chi connectivity index (χ4v) is 8.71. The molecule has 1 spiro atoms. The normalized spacial score (nSPS) is 56.1. The molecule has 1 heterocycles. The van der Waals surface area contributed by atoms with Gasteiger partial charge < -0.3 is 14.2 Å². The smallest absolute Gasteiger partial charge is 0.302 e. The van der Waals surface area contributed by atoms with Crippen molar-refractivity contribution < 1.29 is 23.8 Å². The molecule has 9 atom stereocenters. The summed E-state index contributed by atoms with van der Waals surface area (Å²) in [4.78, 5) is 23.2. The number of carbonyl (C=O) groups is 2. The summed E-state index contributed by atoms with van der Waals surface area (Å²) < 4.78 is 18.1. The van der Waals surface area contributed by atoms with Crippen molar-refractivity contribution in [3.63, 3.8) is 0 Å². The van der Waals surface area contributed by atoms with Crippen molar-refractivity contribution >= 4 is 11.9 Å². The molecule has 0 bridgehead atoms. The summed E-state index contributed by atoms with van der Waals surface area (Å²) in [6.07, 6.45) is 7.28. The highest BCUT2D eigenvalue weighted by Crippen LogP contribution is 2.82. The van der Waals surface area contributed by atoms with Gasteiger partial charge >= 0.3 is 11.9 Å². The van der Waals surface area contributed by atoms with Gasteiger partial charge in [-0.25, -0.2) is 0 Å². The maximum absolute atomic E-state index is 11.7. The average Bonchev–Trinajstić information content (AvgIpc) is 2.99. The van der Waals surface area contributed by atoms with Crippen LogP contribution in [0.2, 0.25) is 0 Å². The highest BCUT2D eigenvalue weighted by atomic mass is 16.6. The Morgan fingerprint density at radius 2 is 1.61 bits per heavy atom. The summed E-state index contributed by atoms with van der Waals surface area (Å²) in [7, 11) is 0. The highest BCUT2D eigenvalue weighted by molar-refractivity contribution is 5.66. The summed E-state index contributed by atoms with van der Waals surface area (Å²) in [6.45, 7) is 10.1. The van der Waals surface area contributed by atoms with Crippen LogP contribution in [0.5, 0.6) is 0 Å². The minimum atomic E-state index is -0.185. The van der Waals surface area contributed by atoms with E-state index in [0.717, 1.165) is 38.5 Å². The second kappa shape index (κ2) is 5.53. The van der Waals surface area contributed by atoms with Crippen LogP contribution in [0.25, 0.3) is 0 Å². The zero-order valence-electron chi connectivity index (χ0n) is 17.9. The molecule has 1 saturated heterocycles. The third-order valence-electron chi connectivity index (χ3n) is 9.85. The van der Waals surface area contributed by atoms with Crippen molar-refractivity contribution in [3.05, 3.63) is 0 Å². The molecule has 5 rings (SSSR count). The fraction of sp³-hybridized carbons (Fsp3) is 0.913. The van der Waals surface area contributed by atoms with Crippen LogP contribution in [-0.2, 0) is 23.8 Å². The van der Waals surface area contributed by atoms with Gasteiger partial charge in [0.1, 0.15) is 17.8 Å². The molecule has 0 amide bonds. The van der Waals surface area contributed by atoms with Crippen molar-refractivity contribution in [1.29, 1.82) is 0 Å². The largest absolute Gasteiger partial charge is 0.462 e. The maximum atomic E-state index is 11.7. The first kappa shape index (κ1) is 18.9. The first-order valence-electron chi connectivity index (χ1n) is 11.1. The monoisotopic (exact) mass is 390 g/mol. The summed E-state index contributed by atoms with van der Waals surface area (Å²) in [5.74, 6) is 1.35. The van der Waals surface area contributed by atoms with Gasteiger partial charge in [0.05, 0.1) is 5.60 Å². The van der Waals surface area contributed by atoms with E-state index in [4.69, 9.17) is 14.2 Å². The van der Waals surface area contributed by atoms with Crippen LogP contribution in [-0.4, -0.2) is 35.3 Å². The Kier molecular flexibility index (Phi) is 3.73. The van der Waals surface area contributed by atoms with Crippen LogP contribution < -0.4 is 0 Å². The predicted octanol–water partition coefficient (Wildman–Crippen LogP) is 4.02. The molecule has 5 heteroatoms. The van der Waals surface area contributed by atoms with Gasteiger partial charge in [0.15, 0.2) is 0 Å². The molecule has 0 radical (unpaired) electrons. The zero-order valence-corrected chi connectivity index (χ0v) is 17.9. The van der Waals surface area contributed by atoms with Gasteiger partial charge in [-0.3, -0.25) is 9.59 Å². The lowest BCUT2D eigenvalue weighted by atomic mass is 9.54. The molecule has 5 fully saturated rings. The molecule has 28 heavy (non-hydrogen) atoms. The van der Waals surface area contributed by atoms with Crippen molar-refractivity contribution in [3.8, 4) is 0 Å². The predicted molar refractivity (Wildman–Crippen MR) is 102 cm³/mol. The lowest BCUT2D eigenvalue weighted by Crippen LogP contribution is -2.50. The molecule has 5 nitrogen and oxygen atoms in total. The molecule has 0 aromatic heterocycles. The van der Waals surface area contributed by atoms with Gasteiger partial charge in [0.25, 0.3) is 0 Å². The number of fused-ring (bicyclic) bond motifs is 5. The molecule has 5 aliphatic rings. The minimum Gasteiger partial charge on any atom is -0.462 e. The number of hydrogen-bond donors (Lipinski definition) is 0. The lowest BCUT2D eigenvalue weighted by molar-refractivity contribution is -0.160. The number of epoxide rings is 1. The van der Waals surface area contributed by atoms with Crippen LogP contribution in [0.15, 0.2) is 0 Å². The molecule has 0 aromatic rings. The summed E-state index contributed by atoms with van der Waals surface area (Å²) in [6, 6.07) is 0. The molecule has 0 aromatic carbocycles. The van der Waals surface area contributed by atoms with Crippen LogP contribution in [0, 0.1) is 28.6 Å². The Bertz CT molecular complexity index is 735. The topological polar surface area (TPSA) is 65.1 Å². The van der Waals surface area contributed by atoms with E-state index in [1.807, 2.05) is 0 Å². The van der Waals surface area contributed by atoms with Gasteiger partial charge in [-0.15, -0.1) is 0 Å². The molecular formula is C23H34O5. The van der Waals surface area contributed by atoms with Crippen LogP contribution in [0.4, 0.5) is 0 Å². The summed E-state index contributed by atoms with van der Waals surface area (Å²) in [5.41, 5.74) is -0.0762. The standard InChI is InChI=1S/C23H34O5/c1-13(24)26-15-8-11-21(4)17-9-10-20(3)16(6-7-18(20)27-14(2)25)19(17)22(5)23(21,12-15)28-22/h15-19H,6-12H2,1-5H3/t15-,16+,17+,18-,19-,20+,21-,22+,23-/m0/s1. The second-order valence-electron chi connectivity index (χ2n) is 10.9. The number of ether oxygens (including phenoxy) is 3.